The second kappa shape index (κ2) is 8.13. The molecule has 0 atom stereocenters. The number of urea groups is 1. The Morgan fingerprint density at radius 1 is 1.32 bits per heavy atom. The number of carbonyl (C=O) groups is 1. The molecule has 2 amide bonds. The van der Waals surface area contributed by atoms with Crippen LogP contribution >= 0.6 is 11.6 Å². The van der Waals surface area contributed by atoms with Crippen LogP contribution in [0.1, 0.15) is 11.4 Å². The Morgan fingerprint density at radius 3 is 2.88 bits per heavy atom. The number of nitrogens with zero attached hydrogens (tertiary/aromatic N) is 3. The summed E-state index contributed by atoms with van der Waals surface area (Å²) in [7, 11) is 0. The second-order valence-electron chi connectivity index (χ2n) is 5.70. The molecule has 1 aliphatic heterocycles. The standard InChI is InChI=1S/C17H20ClN5O2/c1-12-2-3-13(10-14(12)18)21-17(24)20-11-15-19-5-4-16(22-15)23-6-8-25-9-7-23/h2-5,10H,6-9,11H2,1H3,(H2,20,21,24). The zero-order valence-corrected chi connectivity index (χ0v) is 14.7. The molecular formula is C17H20ClN5O2. The van der Waals surface area contributed by atoms with Crippen molar-refractivity contribution in [2.24, 2.45) is 0 Å². The average Bonchev–Trinajstić information content (AvgIpc) is 2.64. The summed E-state index contributed by atoms with van der Waals surface area (Å²) in [6, 6.07) is 6.90. The maximum absolute atomic E-state index is 12.0. The Bertz CT molecular complexity index is 750. The number of nitrogens with one attached hydrogen (secondary N) is 2. The molecule has 2 aromatic rings. The smallest absolute Gasteiger partial charge is 0.319 e. The van der Waals surface area contributed by atoms with Crippen LogP contribution in [-0.4, -0.2) is 42.3 Å². The van der Waals surface area contributed by atoms with Gasteiger partial charge >= 0.3 is 6.03 Å². The Balaban J connectivity index is 1.55. The summed E-state index contributed by atoms with van der Waals surface area (Å²) >= 11 is 6.06. The van der Waals surface area contributed by atoms with E-state index in [0.29, 0.717) is 29.7 Å². The highest BCUT2D eigenvalue weighted by Gasteiger charge is 2.13. The summed E-state index contributed by atoms with van der Waals surface area (Å²) in [6.07, 6.45) is 1.70. The van der Waals surface area contributed by atoms with Gasteiger partial charge in [-0.05, 0) is 30.7 Å². The lowest BCUT2D eigenvalue weighted by molar-refractivity contribution is 0.122. The summed E-state index contributed by atoms with van der Waals surface area (Å²) in [4.78, 5) is 22.9. The van der Waals surface area contributed by atoms with Crippen LogP contribution < -0.4 is 15.5 Å². The van der Waals surface area contributed by atoms with Gasteiger partial charge in [-0.2, -0.15) is 0 Å². The minimum Gasteiger partial charge on any atom is -0.378 e. The Morgan fingerprint density at radius 2 is 2.12 bits per heavy atom. The molecule has 0 saturated carbocycles. The number of amides is 2. The first-order chi connectivity index (χ1) is 12.1. The summed E-state index contributed by atoms with van der Waals surface area (Å²) in [6.45, 7) is 5.14. The van der Waals surface area contributed by atoms with Gasteiger partial charge in [0.1, 0.15) is 11.6 Å². The van der Waals surface area contributed by atoms with Crippen molar-refractivity contribution in [1.29, 1.82) is 0 Å². The summed E-state index contributed by atoms with van der Waals surface area (Å²) < 4.78 is 5.34. The molecule has 25 heavy (non-hydrogen) atoms. The van der Waals surface area contributed by atoms with Gasteiger partial charge < -0.3 is 20.3 Å². The van der Waals surface area contributed by atoms with Crippen LogP contribution in [0.2, 0.25) is 5.02 Å². The minimum atomic E-state index is -0.333. The molecule has 0 unspecified atom stereocenters. The molecule has 1 aliphatic rings. The lowest BCUT2D eigenvalue weighted by Crippen LogP contribution is -2.37. The predicted octanol–water partition coefficient (Wildman–Crippen LogP) is 2.60. The van der Waals surface area contributed by atoms with E-state index in [1.807, 2.05) is 19.1 Å². The largest absolute Gasteiger partial charge is 0.378 e. The van der Waals surface area contributed by atoms with E-state index in [1.54, 1.807) is 18.3 Å². The van der Waals surface area contributed by atoms with E-state index in [9.17, 15) is 4.79 Å². The van der Waals surface area contributed by atoms with Crippen molar-refractivity contribution < 1.29 is 9.53 Å². The van der Waals surface area contributed by atoms with Crippen LogP contribution in [0.25, 0.3) is 0 Å². The molecule has 2 N–H and O–H groups in total. The number of aryl methyl sites for hydroxylation is 1. The van der Waals surface area contributed by atoms with Gasteiger partial charge in [-0.15, -0.1) is 0 Å². The van der Waals surface area contributed by atoms with Gasteiger partial charge in [0, 0.05) is 30.0 Å². The summed E-state index contributed by atoms with van der Waals surface area (Å²) in [5, 5.41) is 6.10. The molecule has 132 valence electrons. The molecule has 1 saturated heterocycles. The number of carbonyl (C=O) groups excluding carboxylic acids is 1. The van der Waals surface area contributed by atoms with Gasteiger partial charge in [0.2, 0.25) is 0 Å². The SMILES string of the molecule is Cc1ccc(NC(=O)NCc2nccc(N3CCOCC3)n2)cc1Cl. The first-order valence-electron chi connectivity index (χ1n) is 8.07. The first-order valence-corrected chi connectivity index (χ1v) is 8.45. The van der Waals surface area contributed by atoms with E-state index in [1.165, 1.54) is 0 Å². The highest BCUT2D eigenvalue weighted by molar-refractivity contribution is 6.31. The van der Waals surface area contributed by atoms with Crippen LogP contribution in [0.5, 0.6) is 0 Å². The van der Waals surface area contributed by atoms with Crippen LogP contribution in [0.4, 0.5) is 16.3 Å². The minimum absolute atomic E-state index is 0.240. The molecule has 1 aromatic carbocycles. The summed E-state index contributed by atoms with van der Waals surface area (Å²) in [5.74, 6) is 1.40. The Hall–Kier alpha value is -2.38. The molecule has 0 aliphatic carbocycles. The van der Waals surface area contributed by atoms with Crippen LogP contribution in [0.3, 0.4) is 0 Å². The van der Waals surface area contributed by atoms with E-state index < -0.39 is 0 Å². The zero-order chi connectivity index (χ0) is 17.6. The quantitative estimate of drug-likeness (QED) is 0.875. The van der Waals surface area contributed by atoms with Gasteiger partial charge in [0.05, 0.1) is 19.8 Å². The summed E-state index contributed by atoms with van der Waals surface area (Å²) in [5.41, 5.74) is 1.59. The maximum Gasteiger partial charge on any atom is 0.319 e. The molecule has 0 bridgehead atoms. The fraction of sp³-hybridized carbons (Fsp3) is 0.353. The third-order valence-electron chi connectivity index (χ3n) is 3.86. The van der Waals surface area contributed by atoms with Crippen molar-refractivity contribution in [3.8, 4) is 0 Å². The van der Waals surface area contributed by atoms with Gasteiger partial charge in [-0.1, -0.05) is 17.7 Å². The molecule has 8 heteroatoms. The number of ether oxygens (including phenoxy) is 1. The Kier molecular flexibility index (Phi) is 5.67. The number of hydrogen-bond acceptors (Lipinski definition) is 5. The first kappa shape index (κ1) is 17.4. The predicted molar refractivity (Wildman–Crippen MR) is 97.1 cm³/mol. The molecule has 0 spiro atoms. The molecule has 7 nitrogen and oxygen atoms in total. The number of morpholine rings is 1. The molecule has 0 radical (unpaired) electrons. The molecule has 1 fully saturated rings. The highest BCUT2D eigenvalue weighted by Crippen LogP contribution is 2.19. The van der Waals surface area contributed by atoms with Gasteiger partial charge in [-0.3, -0.25) is 0 Å². The number of hydrogen-bond donors (Lipinski definition) is 2. The van der Waals surface area contributed by atoms with Crippen molar-refractivity contribution in [2.75, 3.05) is 36.5 Å². The third kappa shape index (κ3) is 4.80. The normalized spacial score (nSPS) is 14.2. The highest BCUT2D eigenvalue weighted by atomic mass is 35.5. The number of halogens is 1. The lowest BCUT2D eigenvalue weighted by Gasteiger charge is -2.27. The van der Waals surface area contributed by atoms with Gasteiger partial charge in [0.15, 0.2) is 0 Å². The van der Waals surface area contributed by atoms with Gasteiger partial charge in [0.25, 0.3) is 0 Å². The average molecular weight is 362 g/mol. The lowest BCUT2D eigenvalue weighted by atomic mass is 10.2. The van der Waals surface area contributed by atoms with Crippen LogP contribution in [-0.2, 0) is 11.3 Å². The monoisotopic (exact) mass is 361 g/mol. The number of anilines is 2. The third-order valence-corrected chi connectivity index (χ3v) is 4.27. The van der Waals surface area contributed by atoms with E-state index >= 15 is 0 Å². The fourth-order valence-electron chi connectivity index (χ4n) is 2.45. The van der Waals surface area contributed by atoms with Crippen molar-refractivity contribution in [3.63, 3.8) is 0 Å². The zero-order valence-electron chi connectivity index (χ0n) is 14.0. The van der Waals surface area contributed by atoms with Crippen LogP contribution in [0.15, 0.2) is 30.5 Å². The molecular weight excluding hydrogens is 342 g/mol. The molecule has 3 rings (SSSR count). The van der Waals surface area contributed by atoms with Crippen molar-refractivity contribution >= 4 is 29.1 Å². The Labute approximate surface area is 151 Å². The van der Waals surface area contributed by atoms with E-state index in [2.05, 4.69) is 25.5 Å². The van der Waals surface area contributed by atoms with E-state index in [4.69, 9.17) is 16.3 Å². The number of rotatable bonds is 4. The van der Waals surface area contributed by atoms with Crippen molar-refractivity contribution in [2.45, 2.75) is 13.5 Å². The number of aromatic nitrogens is 2. The van der Waals surface area contributed by atoms with Gasteiger partial charge in [-0.25, -0.2) is 14.8 Å². The number of benzene rings is 1. The molecule has 1 aromatic heterocycles. The topological polar surface area (TPSA) is 79.4 Å². The maximum atomic E-state index is 12.0. The molecule has 2 heterocycles. The van der Waals surface area contributed by atoms with Crippen molar-refractivity contribution in [1.82, 2.24) is 15.3 Å². The second-order valence-corrected chi connectivity index (χ2v) is 6.11. The fourth-order valence-corrected chi connectivity index (χ4v) is 2.63. The van der Waals surface area contributed by atoms with E-state index in [-0.39, 0.29) is 12.6 Å². The van der Waals surface area contributed by atoms with E-state index in [0.717, 1.165) is 24.5 Å². The van der Waals surface area contributed by atoms with Crippen LogP contribution in [0, 0.1) is 6.92 Å². The van der Waals surface area contributed by atoms with Crippen molar-refractivity contribution in [3.05, 3.63) is 46.9 Å².